The summed E-state index contributed by atoms with van der Waals surface area (Å²) >= 11 is 0. The minimum Gasteiger partial charge on any atom is -0.338 e. The third-order valence-corrected chi connectivity index (χ3v) is 4.93. The molecule has 0 N–H and O–H groups in total. The van der Waals surface area contributed by atoms with E-state index >= 15 is 0 Å². The van der Waals surface area contributed by atoms with Crippen molar-refractivity contribution in [3.63, 3.8) is 0 Å². The van der Waals surface area contributed by atoms with Crippen LogP contribution in [0.15, 0.2) is 36.7 Å². The Bertz CT molecular complexity index is 692. The first kappa shape index (κ1) is 16.4. The van der Waals surface area contributed by atoms with Gasteiger partial charge in [-0.3, -0.25) is 9.80 Å². The first-order chi connectivity index (χ1) is 12.2. The molecule has 2 aromatic rings. The molecule has 0 spiro atoms. The van der Waals surface area contributed by atoms with Crippen molar-refractivity contribution in [3.05, 3.63) is 53.9 Å². The second-order valence-corrected chi connectivity index (χ2v) is 6.70. The quantitative estimate of drug-likeness (QED) is 0.844. The van der Waals surface area contributed by atoms with Crippen molar-refractivity contribution in [2.45, 2.75) is 12.6 Å². The molecule has 5 nitrogen and oxygen atoms in total. The molecular formula is C18H21F2N5. The molecule has 0 unspecified atom stereocenters. The lowest BCUT2D eigenvalue weighted by atomic mass is 10.0. The van der Waals surface area contributed by atoms with Crippen LogP contribution >= 0.6 is 0 Å². The fraction of sp³-hybridized carbons (Fsp3) is 0.444. The van der Waals surface area contributed by atoms with Gasteiger partial charge >= 0.3 is 0 Å². The highest BCUT2D eigenvalue weighted by molar-refractivity contribution is 5.29. The topological polar surface area (TPSA) is 35.5 Å². The minimum atomic E-state index is -0.508. The Kier molecular flexibility index (Phi) is 4.59. The summed E-state index contributed by atoms with van der Waals surface area (Å²) < 4.78 is 26.5. The van der Waals surface area contributed by atoms with Crippen molar-refractivity contribution in [1.82, 2.24) is 19.8 Å². The summed E-state index contributed by atoms with van der Waals surface area (Å²) in [6.45, 7) is 6.32. The number of aromatic nitrogens is 2. The van der Waals surface area contributed by atoms with Crippen LogP contribution in [0.3, 0.4) is 0 Å². The second-order valence-electron chi connectivity index (χ2n) is 6.70. The lowest BCUT2D eigenvalue weighted by Gasteiger charge is -2.48. The van der Waals surface area contributed by atoms with Gasteiger partial charge < -0.3 is 4.90 Å². The van der Waals surface area contributed by atoms with Crippen LogP contribution in [0.5, 0.6) is 0 Å². The fourth-order valence-corrected chi connectivity index (χ4v) is 3.60. The number of likely N-dealkylation sites (tertiary alicyclic amines) is 1. The van der Waals surface area contributed by atoms with Crippen LogP contribution in [-0.2, 0) is 6.54 Å². The van der Waals surface area contributed by atoms with Crippen molar-refractivity contribution in [2.75, 3.05) is 44.2 Å². The Balaban J connectivity index is 1.25. The van der Waals surface area contributed by atoms with Gasteiger partial charge in [-0.25, -0.2) is 18.7 Å². The molecular weight excluding hydrogens is 324 g/mol. The lowest BCUT2D eigenvalue weighted by Crippen LogP contribution is -2.62. The number of nitrogens with zero attached hydrogens (tertiary/aromatic N) is 5. The van der Waals surface area contributed by atoms with E-state index in [1.54, 1.807) is 12.4 Å². The highest BCUT2D eigenvalue weighted by Gasteiger charge is 2.33. The normalized spacial score (nSPS) is 19.8. The summed E-state index contributed by atoms with van der Waals surface area (Å²) in [7, 11) is 0. The van der Waals surface area contributed by atoms with Gasteiger partial charge in [0.05, 0.1) is 0 Å². The van der Waals surface area contributed by atoms with Crippen LogP contribution in [0.2, 0.25) is 0 Å². The predicted octanol–water partition coefficient (Wildman–Crippen LogP) is 1.76. The molecule has 1 aromatic heterocycles. The summed E-state index contributed by atoms with van der Waals surface area (Å²) in [6.07, 6.45) is 3.54. The molecule has 7 heteroatoms. The second kappa shape index (κ2) is 7.01. The van der Waals surface area contributed by atoms with Gasteiger partial charge in [0, 0.05) is 70.3 Å². The summed E-state index contributed by atoms with van der Waals surface area (Å²) in [5.41, 5.74) is 0.696. The molecule has 3 heterocycles. The monoisotopic (exact) mass is 345 g/mol. The van der Waals surface area contributed by atoms with Crippen LogP contribution in [0.4, 0.5) is 14.7 Å². The maximum Gasteiger partial charge on any atom is 0.225 e. The number of halogens is 2. The molecule has 4 rings (SSSR count). The van der Waals surface area contributed by atoms with Crippen LogP contribution in [0, 0.1) is 11.6 Å². The van der Waals surface area contributed by atoms with Gasteiger partial charge in [-0.15, -0.1) is 0 Å². The van der Waals surface area contributed by atoms with E-state index in [9.17, 15) is 8.78 Å². The van der Waals surface area contributed by atoms with E-state index in [-0.39, 0.29) is 0 Å². The average molecular weight is 345 g/mol. The van der Waals surface area contributed by atoms with E-state index in [1.807, 2.05) is 6.07 Å². The van der Waals surface area contributed by atoms with Crippen molar-refractivity contribution in [1.29, 1.82) is 0 Å². The number of anilines is 1. The molecule has 132 valence electrons. The maximum atomic E-state index is 13.3. The van der Waals surface area contributed by atoms with Crippen LogP contribution in [0.25, 0.3) is 0 Å². The van der Waals surface area contributed by atoms with Crippen molar-refractivity contribution in [2.24, 2.45) is 0 Å². The van der Waals surface area contributed by atoms with Gasteiger partial charge in [-0.2, -0.15) is 0 Å². The van der Waals surface area contributed by atoms with Crippen LogP contribution in [-0.4, -0.2) is 65.1 Å². The SMILES string of the molecule is Fc1cc(F)cc(CN2CC(N3CCN(c4ncccn4)CC3)C2)c1. The standard InChI is InChI=1S/C18H21F2N5/c19-15-8-14(9-16(20)10-15)11-23-12-17(13-23)24-4-6-25(7-5-24)18-21-2-1-3-22-18/h1-3,8-10,17H,4-7,11-13H2. The molecule has 2 aliphatic rings. The highest BCUT2D eigenvalue weighted by atomic mass is 19.1. The molecule has 0 radical (unpaired) electrons. The van der Waals surface area contributed by atoms with Gasteiger partial charge in [-0.1, -0.05) is 0 Å². The van der Waals surface area contributed by atoms with E-state index in [2.05, 4.69) is 24.7 Å². The molecule has 25 heavy (non-hydrogen) atoms. The predicted molar refractivity (Wildman–Crippen MR) is 91.2 cm³/mol. The van der Waals surface area contributed by atoms with Crippen LogP contribution in [0.1, 0.15) is 5.56 Å². The molecule has 1 aromatic carbocycles. The first-order valence-corrected chi connectivity index (χ1v) is 8.61. The largest absolute Gasteiger partial charge is 0.338 e. The van der Waals surface area contributed by atoms with E-state index in [0.717, 1.165) is 51.3 Å². The zero-order valence-electron chi connectivity index (χ0n) is 14.0. The molecule has 0 bridgehead atoms. The van der Waals surface area contributed by atoms with E-state index in [1.165, 1.54) is 12.1 Å². The number of rotatable bonds is 4. The molecule has 0 amide bonds. The molecule has 2 fully saturated rings. The van der Waals surface area contributed by atoms with Gasteiger partial charge in [0.1, 0.15) is 11.6 Å². The third-order valence-electron chi connectivity index (χ3n) is 4.93. The summed E-state index contributed by atoms with van der Waals surface area (Å²) in [5.74, 6) is -0.219. The smallest absolute Gasteiger partial charge is 0.225 e. The fourth-order valence-electron chi connectivity index (χ4n) is 3.60. The summed E-state index contributed by atoms with van der Waals surface area (Å²) in [4.78, 5) is 15.5. The third kappa shape index (κ3) is 3.77. The molecule has 2 saturated heterocycles. The van der Waals surface area contributed by atoms with Gasteiger partial charge in [0.15, 0.2) is 0 Å². The molecule has 0 aliphatic carbocycles. The van der Waals surface area contributed by atoms with E-state index in [0.29, 0.717) is 18.2 Å². The number of benzene rings is 1. The molecule has 0 atom stereocenters. The number of hydrogen-bond donors (Lipinski definition) is 0. The molecule has 0 saturated carbocycles. The Labute approximate surface area is 145 Å². The van der Waals surface area contributed by atoms with Crippen LogP contribution < -0.4 is 4.90 Å². The first-order valence-electron chi connectivity index (χ1n) is 8.61. The number of piperazine rings is 1. The Hall–Kier alpha value is -2.12. The van der Waals surface area contributed by atoms with Gasteiger partial charge in [0.25, 0.3) is 0 Å². The van der Waals surface area contributed by atoms with Gasteiger partial charge in [-0.05, 0) is 23.8 Å². The van der Waals surface area contributed by atoms with Crippen molar-refractivity contribution < 1.29 is 8.78 Å². The maximum absolute atomic E-state index is 13.3. The Morgan fingerprint density at radius 3 is 2.20 bits per heavy atom. The highest BCUT2D eigenvalue weighted by Crippen LogP contribution is 2.21. The minimum absolute atomic E-state index is 0.508. The Morgan fingerprint density at radius 2 is 1.56 bits per heavy atom. The van der Waals surface area contributed by atoms with E-state index < -0.39 is 11.6 Å². The van der Waals surface area contributed by atoms with Crippen molar-refractivity contribution >= 4 is 5.95 Å². The number of hydrogen-bond acceptors (Lipinski definition) is 5. The van der Waals surface area contributed by atoms with Gasteiger partial charge in [0.2, 0.25) is 5.95 Å². The average Bonchev–Trinajstić information content (AvgIpc) is 2.58. The molecule has 2 aliphatic heterocycles. The summed E-state index contributed by atoms with van der Waals surface area (Å²) in [5, 5.41) is 0. The van der Waals surface area contributed by atoms with Crippen molar-refractivity contribution in [3.8, 4) is 0 Å². The zero-order chi connectivity index (χ0) is 17.2. The summed E-state index contributed by atoms with van der Waals surface area (Å²) in [6, 6.07) is 6.09. The lowest BCUT2D eigenvalue weighted by molar-refractivity contribution is 0.0254. The Morgan fingerprint density at radius 1 is 0.920 bits per heavy atom. The van der Waals surface area contributed by atoms with E-state index in [4.69, 9.17) is 0 Å². The zero-order valence-corrected chi connectivity index (χ0v) is 14.0.